The lowest BCUT2D eigenvalue weighted by atomic mass is 10.1. The van der Waals surface area contributed by atoms with Crippen molar-refractivity contribution < 1.29 is 9.53 Å². The Morgan fingerprint density at radius 3 is 2.91 bits per heavy atom. The first kappa shape index (κ1) is 18.2. The standard InChI is InChI=1S/C17H29N3O2S/c1-12(18-10-15-11-19-13(2)23-15)9-14-7-6-8-20(14)16(21)22-17(3,4)5/h11-12,14,18H,6-10H2,1-5H3. The Bertz CT molecular complexity index is 524. The van der Waals surface area contributed by atoms with Crippen LogP contribution in [0.3, 0.4) is 0 Å². The molecule has 0 aliphatic carbocycles. The molecule has 1 aromatic heterocycles. The molecule has 1 saturated heterocycles. The number of hydrogen-bond acceptors (Lipinski definition) is 5. The van der Waals surface area contributed by atoms with Crippen LogP contribution in [0.25, 0.3) is 0 Å². The molecule has 2 rings (SSSR count). The highest BCUT2D eigenvalue weighted by Gasteiger charge is 2.32. The van der Waals surface area contributed by atoms with E-state index in [1.807, 2.05) is 38.8 Å². The molecule has 0 bridgehead atoms. The lowest BCUT2D eigenvalue weighted by Crippen LogP contribution is -2.42. The zero-order valence-electron chi connectivity index (χ0n) is 14.9. The molecule has 130 valence electrons. The first-order valence-corrected chi connectivity index (χ1v) is 9.20. The monoisotopic (exact) mass is 339 g/mol. The maximum Gasteiger partial charge on any atom is 0.410 e. The van der Waals surface area contributed by atoms with Gasteiger partial charge in [0.2, 0.25) is 0 Å². The number of carbonyl (C=O) groups excluding carboxylic acids is 1. The average molecular weight is 340 g/mol. The fraction of sp³-hybridized carbons (Fsp3) is 0.765. The molecular weight excluding hydrogens is 310 g/mol. The Hall–Kier alpha value is -1.14. The molecule has 1 aliphatic heterocycles. The van der Waals surface area contributed by atoms with Crippen molar-refractivity contribution in [1.29, 1.82) is 0 Å². The Morgan fingerprint density at radius 2 is 2.30 bits per heavy atom. The molecule has 2 atom stereocenters. The summed E-state index contributed by atoms with van der Waals surface area (Å²) in [5.41, 5.74) is -0.432. The maximum atomic E-state index is 12.3. The van der Waals surface area contributed by atoms with Gasteiger partial charge in [-0.25, -0.2) is 9.78 Å². The number of amides is 1. The third-order valence-corrected chi connectivity index (χ3v) is 4.84. The number of carbonyl (C=O) groups is 1. The van der Waals surface area contributed by atoms with E-state index in [0.717, 1.165) is 37.4 Å². The summed E-state index contributed by atoms with van der Waals surface area (Å²) < 4.78 is 5.53. The van der Waals surface area contributed by atoms with Crippen molar-refractivity contribution in [3.8, 4) is 0 Å². The molecule has 5 nitrogen and oxygen atoms in total. The van der Waals surface area contributed by atoms with E-state index < -0.39 is 5.60 Å². The van der Waals surface area contributed by atoms with Crippen molar-refractivity contribution in [3.05, 3.63) is 16.1 Å². The molecule has 1 N–H and O–H groups in total. The lowest BCUT2D eigenvalue weighted by molar-refractivity contribution is 0.0214. The Morgan fingerprint density at radius 1 is 1.57 bits per heavy atom. The van der Waals surface area contributed by atoms with Gasteiger partial charge >= 0.3 is 6.09 Å². The molecule has 0 saturated carbocycles. The van der Waals surface area contributed by atoms with E-state index in [-0.39, 0.29) is 12.1 Å². The molecule has 1 aromatic rings. The van der Waals surface area contributed by atoms with Gasteiger partial charge in [0.05, 0.1) is 5.01 Å². The first-order chi connectivity index (χ1) is 10.7. The molecular formula is C17H29N3O2S. The number of aromatic nitrogens is 1. The number of nitrogens with one attached hydrogen (secondary N) is 1. The minimum Gasteiger partial charge on any atom is -0.444 e. The van der Waals surface area contributed by atoms with Crippen molar-refractivity contribution in [3.63, 3.8) is 0 Å². The van der Waals surface area contributed by atoms with Crippen molar-refractivity contribution in [2.45, 2.75) is 78.1 Å². The third-order valence-electron chi connectivity index (χ3n) is 3.92. The van der Waals surface area contributed by atoms with Crippen molar-refractivity contribution in [1.82, 2.24) is 15.2 Å². The van der Waals surface area contributed by atoms with Crippen LogP contribution in [0.4, 0.5) is 4.79 Å². The highest BCUT2D eigenvalue weighted by atomic mass is 32.1. The SMILES string of the molecule is Cc1ncc(CNC(C)CC2CCCN2C(=O)OC(C)(C)C)s1. The molecule has 0 radical (unpaired) electrons. The molecule has 0 spiro atoms. The lowest BCUT2D eigenvalue weighted by Gasteiger charge is -2.30. The summed E-state index contributed by atoms with van der Waals surface area (Å²) in [4.78, 5) is 19.7. The topological polar surface area (TPSA) is 54.5 Å². The molecule has 0 aromatic carbocycles. The third kappa shape index (κ3) is 5.77. The van der Waals surface area contributed by atoms with Crippen LogP contribution in [0.1, 0.15) is 56.8 Å². The molecule has 6 heteroatoms. The van der Waals surface area contributed by atoms with E-state index in [9.17, 15) is 4.79 Å². The number of thiazole rings is 1. The fourth-order valence-electron chi connectivity index (χ4n) is 2.89. The number of aryl methyl sites for hydroxylation is 1. The Labute approximate surface area is 143 Å². The number of hydrogen-bond donors (Lipinski definition) is 1. The van der Waals surface area contributed by atoms with Crippen LogP contribution in [0.15, 0.2) is 6.20 Å². The van der Waals surface area contributed by atoms with Crippen molar-refractivity contribution >= 4 is 17.4 Å². The summed E-state index contributed by atoms with van der Waals surface area (Å²) in [7, 11) is 0. The first-order valence-electron chi connectivity index (χ1n) is 8.39. The minimum absolute atomic E-state index is 0.176. The van der Waals surface area contributed by atoms with Gasteiger partial charge in [0.1, 0.15) is 5.60 Å². The predicted octanol–water partition coefficient (Wildman–Crippen LogP) is 3.72. The van der Waals surface area contributed by atoms with Gasteiger partial charge in [-0.2, -0.15) is 0 Å². The summed E-state index contributed by atoms with van der Waals surface area (Å²) in [6.07, 6.45) is 4.83. The van der Waals surface area contributed by atoms with E-state index in [4.69, 9.17) is 4.74 Å². The summed E-state index contributed by atoms with van der Waals surface area (Å²) in [6, 6.07) is 0.626. The quantitative estimate of drug-likeness (QED) is 0.888. The van der Waals surface area contributed by atoms with E-state index in [1.54, 1.807) is 11.3 Å². The zero-order chi connectivity index (χ0) is 17.0. The van der Waals surface area contributed by atoms with Crippen LogP contribution in [-0.2, 0) is 11.3 Å². The van der Waals surface area contributed by atoms with E-state index in [0.29, 0.717) is 6.04 Å². The smallest absolute Gasteiger partial charge is 0.410 e. The maximum absolute atomic E-state index is 12.3. The molecule has 2 heterocycles. The van der Waals surface area contributed by atoms with Crippen LogP contribution in [0, 0.1) is 6.92 Å². The largest absolute Gasteiger partial charge is 0.444 e. The van der Waals surface area contributed by atoms with Crippen LogP contribution in [-0.4, -0.2) is 40.2 Å². The summed E-state index contributed by atoms with van der Waals surface area (Å²) >= 11 is 1.73. The number of ether oxygens (including phenoxy) is 1. The second kappa shape index (κ2) is 7.62. The zero-order valence-corrected chi connectivity index (χ0v) is 15.7. The average Bonchev–Trinajstić information content (AvgIpc) is 3.03. The predicted molar refractivity (Wildman–Crippen MR) is 93.7 cm³/mol. The molecule has 1 aliphatic rings. The fourth-order valence-corrected chi connectivity index (χ4v) is 3.64. The number of nitrogens with zero attached hydrogens (tertiary/aromatic N) is 2. The van der Waals surface area contributed by atoms with Crippen LogP contribution in [0.2, 0.25) is 0 Å². The summed E-state index contributed by atoms with van der Waals surface area (Å²) in [6.45, 7) is 11.6. The molecule has 2 unspecified atom stereocenters. The van der Waals surface area contributed by atoms with Crippen LogP contribution >= 0.6 is 11.3 Å². The minimum atomic E-state index is -0.432. The van der Waals surface area contributed by atoms with Crippen LogP contribution < -0.4 is 5.32 Å². The second-order valence-electron chi connectivity index (χ2n) is 7.33. The van der Waals surface area contributed by atoms with Crippen LogP contribution in [0.5, 0.6) is 0 Å². The van der Waals surface area contributed by atoms with E-state index >= 15 is 0 Å². The second-order valence-corrected chi connectivity index (χ2v) is 8.65. The highest BCUT2D eigenvalue weighted by Crippen LogP contribution is 2.24. The van der Waals surface area contributed by atoms with E-state index in [2.05, 4.69) is 17.2 Å². The Balaban J connectivity index is 1.81. The number of likely N-dealkylation sites (tertiary alicyclic amines) is 1. The molecule has 1 fully saturated rings. The van der Waals surface area contributed by atoms with Crippen molar-refractivity contribution in [2.75, 3.05) is 6.54 Å². The van der Waals surface area contributed by atoms with Crippen molar-refractivity contribution in [2.24, 2.45) is 0 Å². The van der Waals surface area contributed by atoms with Gasteiger partial charge in [-0.1, -0.05) is 0 Å². The Kier molecular flexibility index (Phi) is 6.03. The van der Waals surface area contributed by atoms with Gasteiger partial charge in [-0.3, -0.25) is 0 Å². The van der Waals surface area contributed by atoms with Gasteiger partial charge < -0.3 is 15.0 Å². The van der Waals surface area contributed by atoms with Gasteiger partial charge in [-0.15, -0.1) is 11.3 Å². The van der Waals surface area contributed by atoms with E-state index in [1.165, 1.54) is 4.88 Å². The number of rotatable bonds is 5. The summed E-state index contributed by atoms with van der Waals surface area (Å²) in [5.74, 6) is 0. The molecule has 23 heavy (non-hydrogen) atoms. The van der Waals surface area contributed by atoms with Gasteiger partial charge in [0.25, 0.3) is 0 Å². The summed E-state index contributed by atoms with van der Waals surface area (Å²) in [5, 5.41) is 4.64. The van der Waals surface area contributed by atoms with Gasteiger partial charge in [-0.05, 0) is 53.9 Å². The van der Waals surface area contributed by atoms with Gasteiger partial charge in [0, 0.05) is 36.2 Å². The molecule has 1 amide bonds. The normalized spacial score (nSPS) is 19.9. The highest BCUT2D eigenvalue weighted by molar-refractivity contribution is 7.11. The van der Waals surface area contributed by atoms with Gasteiger partial charge in [0.15, 0.2) is 0 Å².